The summed E-state index contributed by atoms with van der Waals surface area (Å²) >= 11 is 9.49. The van der Waals surface area contributed by atoms with Crippen LogP contribution in [0, 0.1) is 3.57 Å². The van der Waals surface area contributed by atoms with Gasteiger partial charge >= 0.3 is 6.09 Å². The Morgan fingerprint density at radius 1 is 1.37 bits per heavy atom. The number of thiophene rings is 1. The summed E-state index contributed by atoms with van der Waals surface area (Å²) in [5, 5.41) is 14.3. The topological polar surface area (TPSA) is 61.4 Å². The zero-order chi connectivity index (χ0) is 13.8. The number of carboxylic acid groups (broad SMARTS) is 1. The first-order valence-corrected chi connectivity index (χ1v) is 7.59. The molecule has 0 atom stereocenters. The summed E-state index contributed by atoms with van der Waals surface area (Å²) in [6, 6.07) is 9.31. The third kappa shape index (κ3) is 4.26. The van der Waals surface area contributed by atoms with E-state index in [1.54, 1.807) is 6.07 Å². The third-order valence-electron chi connectivity index (χ3n) is 2.31. The molecule has 4 nitrogen and oxygen atoms in total. The third-order valence-corrected chi connectivity index (χ3v) is 4.43. The zero-order valence-electron chi connectivity index (χ0n) is 9.61. The molecule has 2 rings (SSSR count). The van der Waals surface area contributed by atoms with Gasteiger partial charge in [0, 0.05) is 20.7 Å². The summed E-state index contributed by atoms with van der Waals surface area (Å²) in [5.74, 6) is 0. The zero-order valence-corrected chi connectivity index (χ0v) is 13.3. The maximum Gasteiger partial charge on any atom is 0.409 e. The maximum absolute atomic E-state index is 10.6. The van der Waals surface area contributed by atoms with E-state index in [0.29, 0.717) is 12.2 Å². The van der Waals surface area contributed by atoms with Crippen LogP contribution in [0.2, 0.25) is 4.34 Å². The number of halogens is 2. The number of anilines is 2. The molecule has 0 aliphatic rings. The van der Waals surface area contributed by atoms with Crippen molar-refractivity contribution in [2.75, 3.05) is 10.6 Å². The Morgan fingerprint density at radius 2 is 2.16 bits per heavy atom. The summed E-state index contributed by atoms with van der Waals surface area (Å²) in [6.07, 6.45) is -1.06. The van der Waals surface area contributed by atoms with Crippen molar-refractivity contribution >= 4 is 63.0 Å². The molecule has 0 aliphatic heterocycles. The van der Waals surface area contributed by atoms with Crippen LogP contribution in [0.25, 0.3) is 0 Å². The van der Waals surface area contributed by atoms with E-state index in [0.717, 1.165) is 18.5 Å². The number of nitrogens with one attached hydrogen (secondary N) is 2. The van der Waals surface area contributed by atoms with Crippen molar-refractivity contribution in [2.45, 2.75) is 6.54 Å². The molecule has 7 heteroatoms. The van der Waals surface area contributed by atoms with Gasteiger partial charge in [-0.2, -0.15) is 0 Å². The highest BCUT2D eigenvalue weighted by Gasteiger charge is 2.04. The average Bonchev–Trinajstić information content (AvgIpc) is 2.75. The van der Waals surface area contributed by atoms with Gasteiger partial charge in [0.15, 0.2) is 0 Å². The molecule has 1 aromatic heterocycles. The van der Waals surface area contributed by atoms with E-state index < -0.39 is 6.09 Å². The number of amides is 1. The summed E-state index contributed by atoms with van der Waals surface area (Å²) in [4.78, 5) is 11.7. The van der Waals surface area contributed by atoms with E-state index in [-0.39, 0.29) is 0 Å². The van der Waals surface area contributed by atoms with Crippen LogP contribution < -0.4 is 10.6 Å². The van der Waals surface area contributed by atoms with Gasteiger partial charge in [-0.25, -0.2) is 4.79 Å². The summed E-state index contributed by atoms with van der Waals surface area (Å²) in [7, 11) is 0. The first-order chi connectivity index (χ1) is 9.04. The minimum atomic E-state index is -1.06. The molecule has 1 heterocycles. The van der Waals surface area contributed by atoms with E-state index >= 15 is 0 Å². The van der Waals surface area contributed by atoms with Gasteiger partial charge in [-0.15, -0.1) is 11.3 Å². The fourth-order valence-electron chi connectivity index (χ4n) is 1.48. The second-order valence-electron chi connectivity index (χ2n) is 3.68. The smallest absolute Gasteiger partial charge is 0.409 e. The van der Waals surface area contributed by atoms with Crippen molar-refractivity contribution < 1.29 is 9.90 Å². The molecule has 2 aromatic rings. The van der Waals surface area contributed by atoms with E-state index in [9.17, 15) is 4.79 Å². The monoisotopic (exact) mass is 408 g/mol. The number of rotatable bonds is 4. The van der Waals surface area contributed by atoms with Crippen LogP contribution in [0.1, 0.15) is 4.88 Å². The van der Waals surface area contributed by atoms with Crippen molar-refractivity contribution in [1.82, 2.24) is 0 Å². The summed E-state index contributed by atoms with van der Waals surface area (Å²) in [5.41, 5.74) is 1.52. The van der Waals surface area contributed by atoms with Crippen LogP contribution in [-0.4, -0.2) is 11.2 Å². The molecule has 0 saturated heterocycles. The number of benzene rings is 1. The molecule has 1 aromatic carbocycles. The largest absolute Gasteiger partial charge is 0.465 e. The maximum atomic E-state index is 10.6. The standard InChI is InChI=1S/C12H10ClIN2O2S/c13-11-4-2-8(19-11)6-15-7-1-3-10(9(14)5-7)16-12(17)18/h1-5,15-16H,6H2,(H,17,18). The van der Waals surface area contributed by atoms with Gasteiger partial charge in [0.25, 0.3) is 0 Å². The van der Waals surface area contributed by atoms with E-state index in [2.05, 4.69) is 33.2 Å². The Hall–Kier alpha value is -0.990. The lowest BCUT2D eigenvalue weighted by Gasteiger charge is -2.08. The van der Waals surface area contributed by atoms with Gasteiger partial charge < -0.3 is 10.4 Å². The van der Waals surface area contributed by atoms with E-state index in [1.165, 1.54) is 11.3 Å². The van der Waals surface area contributed by atoms with Gasteiger partial charge in [0.2, 0.25) is 0 Å². The molecule has 19 heavy (non-hydrogen) atoms. The molecule has 0 aliphatic carbocycles. The minimum absolute atomic E-state index is 0.581. The van der Waals surface area contributed by atoms with Crippen LogP contribution >= 0.6 is 45.5 Å². The SMILES string of the molecule is O=C(O)Nc1ccc(NCc2ccc(Cl)s2)cc1I. The van der Waals surface area contributed by atoms with E-state index in [4.69, 9.17) is 16.7 Å². The fraction of sp³-hybridized carbons (Fsp3) is 0.0833. The molecule has 0 spiro atoms. The Morgan fingerprint density at radius 3 is 2.74 bits per heavy atom. The number of hydrogen-bond donors (Lipinski definition) is 3. The van der Waals surface area contributed by atoms with Crippen molar-refractivity contribution in [3.8, 4) is 0 Å². The van der Waals surface area contributed by atoms with Crippen LogP contribution in [0.5, 0.6) is 0 Å². The highest BCUT2D eigenvalue weighted by atomic mass is 127. The minimum Gasteiger partial charge on any atom is -0.465 e. The number of hydrogen-bond acceptors (Lipinski definition) is 3. The summed E-state index contributed by atoms with van der Waals surface area (Å²) < 4.78 is 1.61. The Labute approximate surface area is 132 Å². The van der Waals surface area contributed by atoms with Crippen LogP contribution in [-0.2, 0) is 6.54 Å². The van der Waals surface area contributed by atoms with Crippen molar-refractivity contribution in [3.05, 3.63) is 43.1 Å². The lowest BCUT2D eigenvalue weighted by molar-refractivity contribution is 0.209. The molecule has 0 radical (unpaired) electrons. The Kier molecular flexibility index (Phi) is 4.89. The van der Waals surface area contributed by atoms with E-state index in [1.807, 2.05) is 24.3 Å². The molecule has 0 unspecified atom stereocenters. The van der Waals surface area contributed by atoms with Crippen LogP contribution in [0.15, 0.2) is 30.3 Å². The highest BCUT2D eigenvalue weighted by Crippen LogP contribution is 2.25. The average molecular weight is 409 g/mol. The van der Waals surface area contributed by atoms with Gasteiger partial charge in [-0.1, -0.05) is 11.6 Å². The van der Waals surface area contributed by atoms with Crippen molar-refractivity contribution in [1.29, 1.82) is 0 Å². The Bertz CT molecular complexity index is 603. The molecule has 0 fully saturated rings. The normalized spacial score (nSPS) is 10.2. The van der Waals surface area contributed by atoms with Crippen molar-refractivity contribution in [2.24, 2.45) is 0 Å². The lowest BCUT2D eigenvalue weighted by atomic mass is 10.3. The quantitative estimate of drug-likeness (QED) is 0.642. The van der Waals surface area contributed by atoms with Crippen LogP contribution in [0.4, 0.5) is 16.2 Å². The molecule has 0 saturated carbocycles. The van der Waals surface area contributed by atoms with Gasteiger partial charge in [0.1, 0.15) is 0 Å². The first kappa shape index (κ1) is 14.4. The van der Waals surface area contributed by atoms with Gasteiger partial charge in [-0.3, -0.25) is 5.32 Å². The molecule has 100 valence electrons. The predicted molar refractivity (Wildman–Crippen MR) is 87.5 cm³/mol. The molecule has 1 amide bonds. The second kappa shape index (κ2) is 6.44. The van der Waals surface area contributed by atoms with Gasteiger partial charge in [0.05, 0.1) is 10.0 Å². The fourth-order valence-corrected chi connectivity index (χ4v) is 3.15. The Balaban J connectivity index is 2.01. The van der Waals surface area contributed by atoms with Gasteiger partial charge in [-0.05, 0) is 52.9 Å². The summed E-state index contributed by atoms with van der Waals surface area (Å²) in [6.45, 7) is 0.694. The highest BCUT2D eigenvalue weighted by molar-refractivity contribution is 14.1. The second-order valence-corrected chi connectivity index (χ2v) is 6.65. The lowest BCUT2D eigenvalue weighted by Crippen LogP contribution is -2.08. The number of carbonyl (C=O) groups is 1. The molecule has 0 bridgehead atoms. The predicted octanol–water partition coefficient (Wildman–Crippen LogP) is 4.71. The molecular formula is C12H10ClIN2O2S. The van der Waals surface area contributed by atoms with Crippen molar-refractivity contribution in [3.63, 3.8) is 0 Å². The molecule has 3 N–H and O–H groups in total. The molecular weight excluding hydrogens is 399 g/mol. The first-order valence-electron chi connectivity index (χ1n) is 5.32. The van der Waals surface area contributed by atoms with Crippen LogP contribution in [0.3, 0.4) is 0 Å².